The van der Waals surface area contributed by atoms with E-state index in [0.717, 1.165) is 55.0 Å². The lowest BCUT2D eigenvalue weighted by molar-refractivity contribution is -0.120. The van der Waals surface area contributed by atoms with Gasteiger partial charge in [0.25, 0.3) is 0 Å². The van der Waals surface area contributed by atoms with Crippen LogP contribution in [0, 0.1) is 0 Å². The number of fused-ring (bicyclic) bond motifs is 1. The maximum absolute atomic E-state index is 12.5. The number of imide groups is 1. The molecule has 236 valence electrons. The van der Waals surface area contributed by atoms with Gasteiger partial charge in [-0.2, -0.15) is 0 Å². The molecule has 2 fully saturated rings. The first-order chi connectivity index (χ1) is 22.4. The number of benzene rings is 4. The van der Waals surface area contributed by atoms with Crippen molar-refractivity contribution >= 4 is 23.3 Å². The molecule has 2 saturated heterocycles. The smallest absolute Gasteiger partial charge is 0.328 e. The molecule has 0 aliphatic carbocycles. The number of nitrogens with one attached hydrogen (secondary N) is 1. The van der Waals surface area contributed by atoms with Crippen molar-refractivity contribution in [2.24, 2.45) is 0 Å². The molecule has 2 atom stereocenters. The number of aromatic hydroxyl groups is 1. The van der Waals surface area contributed by atoms with E-state index in [1.807, 2.05) is 30.3 Å². The van der Waals surface area contributed by atoms with Gasteiger partial charge < -0.3 is 14.7 Å². The Morgan fingerprint density at radius 2 is 1.61 bits per heavy atom. The van der Waals surface area contributed by atoms with Gasteiger partial charge in [-0.3, -0.25) is 19.9 Å². The summed E-state index contributed by atoms with van der Waals surface area (Å²) in [5.74, 6) is 1.05. The summed E-state index contributed by atoms with van der Waals surface area (Å²) in [5, 5.41) is 12.5. The van der Waals surface area contributed by atoms with Crippen LogP contribution in [0.15, 0.2) is 97.1 Å². The predicted octanol–water partition coefficient (Wildman–Crippen LogP) is 6.25. The molecule has 46 heavy (non-hydrogen) atoms. The third-order valence-electron chi connectivity index (χ3n) is 9.84. The summed E-state index contributed by atoms with van der Waals surface area (Å²) in [5.41, 5.74) is 6.79. The van der Waals surface area contributed by atoms with E-state index < -0.39 is 0 Å². The molecular formula is C38H40N4O4. The highest BCUT2D eigenvalue weighted by Gasteiger charge is 2.34. The monoisotopic (exact) mass is 616 g/mol. The highest BCUT2D eigenvalue weighted by molar-refractivity contribution is 6.05. The van der Waals surface area contributed by atoms with Crippen molar-refractivity contribution in [3.8, 4) is 11.5 Å². The van der Waals surface area contributed by atoms with Crippen molar-refractivity contribution in [2.45, 2.75) is 43.7 Å². The first-order valence-corrected chi connectivity index (χ1v) is 16.2. The molecule has 3 heterocycles. The van der Waals surface area contributed by atoms with Crippen LogP contribution in [0.4, 0.5) is 16.2 Å². The number of nitrogens with zero attached hydrogens (tertiary/aromatic N) is 3. The molecule has 3 aliphatic rings. The van der Waals surface area contributed by atoms with E-state index in [4.69, 9.17) is 4.74 Å². The number of phenols is 1. The van der Waals surface area contributed by atoms with Crippen LogP contribution in [0.2, 0.25) is 0 Å². The summed E-state index contributed by atoms with van der Waals surface area (Å²) >= 11 is 0. The summed E-state index contributed by atoms with van der Waals surface area (Å²) in [6.45, 7) is 3.64. The summed E-state index contributed by atoms with van der Waals surface area (Å²) in [4.78, 5) is 30.8. The Hall–Kier alpha value is -4.82. The average Bonchev–Trinajstić information content (AvgIpc) is 3.09. The van der Waals surface area contributed by atoms with Crippen LogP contribution in [-0.2, 0) is 11.3 Å². The van der Waals surface area contributed by atoms with Crippen LogP contribution in [0.3, 0.4) is 0 Å². The lowest BCUT2D eigenvalue weighted by atomic mass is 9.76. The number of phenolic OH excluding ortho intramolecular Hbond substituents is 1. The van der Waals surface area contributed by atoms with Gasteiger partial charge in [0.1, 0.15) is 11.5 Å². The van der Waals surface area contributed by atoms with Crippen LogP contribution in [-0.4, -0.2) is 61.3 Å². The first-order valence-electron chi connectivity index (χ1n) is 16.2. The minimum absolute atomic E-state index is 0.125. The van der Waals surface area contributed by atoms with Crippen LogP contribution in [0.25, 0.3) is 0 Å². The van der Waals surface area contributed by atoms with Crippen molar-refractivity contribution in [3.63, 3.8) is 0 Å². The van der Waals surface area contributed by atoms with Gasteiger partial charge in [0.2, 0.25) is 5.91 Å². The van der Waals surface area contributed by atoms with Crippen molar-refractivity contribution < 1.29 is 19.4 Å². The second-order valence-electron chi connectivity index (χ2n) is 12.6. The zero-order valence-corrected chi connectivity index (χ0v) is 26.1. The molecule has 0 spiro atoms. The Labute approximate surface area is 270 Å². The predicted molar refractivity (Wildman–Crippen MR) is 180 cm³/mol. The molecular weight excluding hydrogens is 576 g/mol. The maximum Gasteiger partial charge on any atom is 0.328 e. The number of anilines is 2. The number of hydrogen-bond donors (Lipinski definition) is 2. The number of piperidine rings is 1. The zero-order chi connectivity index (χ0) is 31.6. The number of carbonyl (C=O) groups excluding carboxylic acids is 2. The van der Waals surface area contributed by atoms with Crippen molar-refractivity contribution in [1.82, 2.24) is 10.2 Å². The van der Waals surface area contributed by atoms with E-state index >= 15 is 0 Å². The Kier molecular flexibility index (Phi) is 8.37. The topological polar surface area (TPSA) is 85.4 Å². The molecule has 8 heteroatoms. The molecule has 0 aromatic heterocycles. The third kappa shape index (κ3) is 6.05. The Bertz CT molecular complexity index is 1700. The second kappa shape index (κ2) is 12.9. The molecule has 3 amide bonds. The average molecular weight is 617 g/mol. The fourth-order valence-electron chi connectivity index (χ4n) is 7.36. The van der Waals surface area contributed by atoms with Gasteiger partial charge in [-0.25, -0.2) is 4.79 Å². The van der Waals surface area contributed by atoms with Crippen LogP contribution < -0.4 is 19.9 Å². The third-order valence-corrected chi connectivity index (χ3v) is 9.84. The fraction of sp³-hybridized carbons (Fsp3) is 0.316. The molecule has 4 aromatic carbocycles. The number of rotatable bonds is 7. The molecule has 7 rings (SSSR count). The molecule has 3 aliphatic heterocycles. The van der Waals surface area contributed by atoms with Crippen molar-refractivity contribution in [1.29, 1.82) is 0 Å². The molecule has 0 radical (unpaired) electrons. The van der Waals surface area contributed by atoms with Gasteiger partial charge in [-0.05, 0) is 60.8 Å². The minimum atomic E-state index is -0.346. The minimum Gasteiger partial charge on any atom is -0.508 e. The van der Waals surface area contributed by atoms with Gasteiger partial charge in [-0.15, -0.1) is 0 Å². The maximum atomic E-state index is 12.5. The molecule has 0 bridgehead atoms. The summed E-state index contributed by atoms with van der Waals surface area (Å²) < 4.78 is 6.15. The molecule has 2 N–H and O–H groups in total. The largest absolute Gasteiger partial charge is 0.508 e. The highest BCUT2D eigenvalue weighted by atomic mass is 16.5. The molecule has 0 saturated carbocycles. The van der Waals surface area contributed by atoms with E-state index in [1.54, 1.807) is 17.0 Å². The Morgan fingerprint density at radius 3 is 2.37 bits per heavy atom. The first kappa shape index (κ1) is 29.9. The molecule has 2 unspecified atom stereocenters. The van der Waals surface area contributed by atoms with E-state index in [9.17, 15) is 14.7 Å². The van der Waals surface area contributed by atoms with E-state index in [0.29, 0.717) is 25.6 Å². The quantitative estimate of drug-likeness (QED) is 0.256. The summed E-state index contributed by atoms with van der Waals surface area (Å²) in [6.07, 6.45) is 2.41. The van der Waals surface area contributed by atoms with Gasteiger partial charge in [0.15, 0.2) is 0 Å². The lowest BCUT2D eigenvalue weighted by Gasteiger charge is -2.39. The number of hydrogen-bond acceptors (Lipinski definition) is 6. The van der Waals surface area contributed by atoms with Crippen molar-refractivity contribution in [3.05, 3.63) is 119 Å². The molecule has 8 nitrogen and oxygen atoms in total. The second-order valence-corrected chi connectivity index (χ2v) is 12.6. The number of urea groups is 1. The van der Waals surface area contributed by atoms with Crippen molar-refractivity contribution in [2.75, 3.05) is 43.1 Å². The van der Waals surface area contributed by atoms with Gasteiger partial charge in [-0.1, -0.05) is 66.7 Å². The lowest BCUT2D eigenvalue weighted by Crippen LogP contribution is -2.50. The Morgan fingerprint density at radius 1 is 0.870 bits per heavy atom. The van der Waals surface area contributed by atoms with E-state index in [-0.39, 0.29) is 29.5 Å². The molecule has 4 aromatic rings. The van der Waals surface area contributed by atoms with Crippen LogP contribution >= 0.6 is 0 Å². The number of para-hydroxylation sites is 1. The number of carbonyl (C=O) groups is 2. The van der Waals surface area contributed by atoms with Crippen LogP contribution in [0.1, 0.15) is 53.4 Å². The van der Waals surface area contributed by atoms with Gasteiger partial charge in [0.05, 0.1) is 6.61 Å². The van der Waals surface area contributed by atoms with Crippen LogP contribution in [0.5, 0.6) is 11.5 Å². The zero-order valence-electron chi connectivity index (χ0n) is 26.1. The number of ether oxygens (including phenoxy) is 1. The van der Waals surface area contributed by atoms with E-state index in [1.165, 1.54) is 16.8 Å². The highest BCUT2D eigenvalue weighted by Crippen LogP contribution is 2.47. The SMILES string of the molecule is CN(Cc1ccccc1N1CCC(=O)NC1=O)C1CCN(c2ccc(C3c4ccc(O)cc4OCC3c3ccccc3)cc2)CC1. The fourth-order valence-corrected chi connectivity index (χ4v) is 7.36. The Balaban J connectivity index is 1.02. The van der Waals surface area contributed by atoms with Gasteiger partial charge in [0, 0.05) is 73.5 Å². The van der Waals surface area contributed by atoms with Gasteiger partial charge >= 0.3 is 6.03 Å². The summed E-state index contributed by atoms with van der Waals surface area (Å²) in [7, 11) is 2.17. The summed E-state index contributed by atoms with van der Waals surface area (Å²) in [6, 6.07) is 33.1. The normalized spacial score (nSPS) is 20.3. The van der Waals surface area contributed by atoms with E-state index in [2.05, 4.69) is 76.8 Å². The standard InChI is InChI=1S/C38H40N4O4/c1-40(24-28-9-5-6-10-34(28)42-22-19-36(44)39-38(42)45)29-17-20-41(21-18-29)30-13-11-27(12-14-30)37-32-16-15-31(43)23-35(32)46-25-33(37)26-7-3-2-4-8-26/h2-16,23,29,33,37,43H,17-22,24-25H2,1H3,(H,39,44,45). The number of amides is 3.